The van der Waals surface area contributed by atoms with E-state index < -0.39 is 53.8 Å². The first-order valence-electron chi connectivity index (χ1n) is 13.2. The van der Waals surface area contributed by atoms with Gasteiger partial charge in [-0.2, -0.15) is 0 Å². The monoisotopic (exact) mass is 566 g/mol. The lowest BCUT2D eigenvalue weighted by Gasteiger charge is -2.26. The molecule has 0 saturated carbocycles. The molecule has 0 radical (unpaired) electrons. The van der Waals surface area contributed by atoms with Crippen molar-refractivity contribution in [2.24, 2.45) is 22.2 Å². The first kappa shape index (κ1) is 33.9. The summed E-state index contributed by atoms with van der Waals surface area (Å²) in [7, 11) is 0. The summed E-state index contributed by atoms with van der Waals surface area (Å²) in [6.45, 7) is 5.31. The zero-order valence-electron chi connectivity index (χ0n) is 23.3. The third-order valence-electron chi connectivity index (χ3n) is 6.07. The van der Waals surface area contributed by atoms with E-state index in [0.717, 1.165) is 6.08 Å². The van der Waals surface area contributed by atoms with Crippen LogP contribution in [0.4, 0.5) is 0 Å². The molecular formula is C25H42N8O7. The second kappa shape index (κ2) is 17.4. The number of amides is 5. The molecule has 15 nitrogen and oxygen atoms in total. The fraction of sp³-hybridized carbons (Fsp3) is 0.640. The van der Waals surface area contributed by atoms with E-state index in [4.69, 9.17) is 21.9 Å². The van der Waals surface area contributed by atoms with Crippen molar-refractivity contribution >= 4 is 41.5 Å². The molecule has 0 spiro atoms. The van der Waals surface area contributed by atoms with Crippen LogP contribution >= 0.6 is 0 Å². The standard InChI is InChI=1S/C25H42N8O7/c1-4-40-21(36)12-10-17(9-11-20(26)35)31-23(38)18(7-5-13-29-25(27)28)32-22(37)15(2)30-24(39)19-8-6-14-33(19)16(3)34/h10,12,15,17-19H,4-9,11,13-14H2,1-3H3,(H2,26,35)(H,30,39)(H,31,38)(H,32,37)(H4,27,28,29)/b12-10+/t15-,17-,18-,19-/m0/s1. The fourth-order valence-corrected chi connectivity index (χ4v) is 4.04. The highest BCUT2D eigenvalue weighted by Crippen LogP contribution is 2.17. The van der Waals surface area contributed by atoms with Gasteiger partial charge >= 0.3 is 5.97 Å². The first-order valence-corrected chi connectivity index (χ1v) is 13.2. The molecule has 0 bridgehead atoms. The van der Waals surface area contributed by atoms with E-state index >= 15 is 0 Å². The molecule has 0 aliphatic carbocycles. The van der Waals surface area contributed by atoms with Gasteiger partial charge in [0, 0.05) is 38.6 Å². The van der Waals surface area contributed by atoms with Crippen molar-refractivity contribution < 1.29 is 33.5 Å². The minimum atomic E-state index is -1.06. The number of likely N-dealkylation sites (tertiary alicyclic amines) is 1. The average Bonchev–Trinajstić information content (AvgIpc) is 3.38. The van der Waals surface area contributed by atoms with Gasteiger partial charge in [0.05, 0.1) is 6.61 Å². The van der Waals surface area contributed by atoms with Crippen molar-refractivity contribution in [3.63, 3.8) is 0 Å². The van der Waals surface area contributed by atoms with Crippen LogP contribution in [0.2, 0.25) is 0 Å². The predicted molar refractivity (Wildman–Crippen MR) is 146 cm³/mol. The van der Waals surface area contributed by atoms with Crippen LogP contribution in [-0.2, 0) is 33.5 Å². The summed E-state index contributed by atoms with van der Waals surface area (Å²) in [4.78, 5) is 79.1. The number of ether oxygens (including phenoxy) is 1. The van der Waals surface area contributed by atoms with Gasteiger partial charge in [-0.1, -0.05) is 6.08 Å². The largest absolute Gasteiger partial charge is 0.463 e. The minimum Gasteiger partial charge on any atom is -0.463 e. The molecule has 40 heavy (non-hydrogen) atoms. The van der Waals surface area contributed by atoms with Gasteiger partial charge in [0.15, 0.2) is 5.96 Å². The lowest BCUT2D eigenvalue weighted by Crippen LogP contribution is -2.56. The Morgan fingerprint density at radius 1 is 1.05 bits per heavy atom. The van der Waals surface area contributed by atoms with Gasteiger partial charge in [0.25, 0.3) is 0 Å². The molecule has 224 valence electrons. The number of primary amides is 1. The number of nitrogens with two attached hydrogens (primary N) is 3. The van der Waals surface area contributed by atoms with Gasteiger partial charge in [-0.15, -0.1) is 0 Å². The van der Waals surface area contributed by atoms with Crippen LogP contribution in [0.15, 0.2) is 17.1 Å². The highest BCUT2D eigenvalue weighted by Gasteiger charge is 2.34. The second-order valence-electron chi connectivity index (χ2n) is 9.34. The molecule has 0 aromatic rings. The maximum atomic E-state index is 13.2. The Labute approximate surface area is 233 Å². The van der Waals surface area contributed by atoms with Gasteiger partial charge in [0.2, 0.25) is 29.5 Å². The summed E-state index contributed by atoms with van der Waals surface area (Å²) in [5.74, 6) is -3.26. The van der Waals surface area contributed by atoms with E-state index in [9.17, 15) is 28.8 Å². The zero-order chi connectivity index (χ0) is 30.2. The van der Waals surface area contributed by atoms with Crippen molar-refractivity contribution in [2.45, 2.75) is 83.5 Å². The summed E-state index contributed by atoms with van der Waals surface area (Å²) < 4.78 is 4.85. The van der Waals surface area contributed by atoms with Gasteiger partial charge in [-0.25, -0.2) is 4.79 Å². The van der Waals surface area contributed by atoms with Crippen LogP contribution in [0, 0.1) is 0 Å². The van der Waals surface area contributed by atoms with Crippen molar-refractivity contribution in [3.8, 4) is 0 Å². The molecule has 4 atom stereocenters. The molecule has 1 fully saturated rings. The number of nitrogens with one attached hydrogen (secondary N) is 3. The Bertz CT molecular complexity index is 980. The molecule has 15 heteroatoms. The van der Waals surface area contributed by atoms with Crippen molar-refractivity contribution in [1.82, 2.24) is 20.9 Å². The molecule has 9 N–H and O–H groups in total. The van der Waals surface area contributed by atoms with E-state index in [1.54, 1.807) is 6.92 Å². The second-order valence-corrected chi connectivity index (χ2v) is 9.34. The lowest BCUT2D eigenvalue weighted by molar-refractivity contribution is -0.138. The molecule has 1 saturated heterocycles. The molecular weight excluding hydrogens is 524 g/mol. The zero-order valence-corrected chi connectivity index (χ0v) is 23.3. The lowest BCUT2D eigenvalue weighted by atomic mass is 10.1. The van der Waals surface area contributed by atoms with Crippen LogP contribution < -0.4 is 33.2 Å². The maximum Gasteiger partial charge on any atom is 0.330 e. The number of carbonyl (C=O) groups is 6. The number of hydrogen-bond acceptors (Lipinski definition) is 8. The van der Waals surface area contributed by atoms with Crippen molar-refractivity contribution in [3.05, 3.63) is 12.2 Å². The van der Waals surface area contributed by atoms with E-state index in [1.807, 2.05) is 0 Å². The number of aliphatic imine (C=N–C) groups is 1. The summed E-state index contributed by atoms with van der Waals surface area (Å²) in [6.07, 6.45) is 4.18. The molecule has 1 heterocycles. The van der Waals surface area contributed by atoms with E-state index in [2.05, 4.69) is 20.9 Å². The van der Waals surface area contributed by atoms with Crippen LogP contribution in [-0.4, -0.2) is 90.2 Å². The number of hydrogen-bond donors (Lipinski definition) is 6. The minimum absolute atomic E-state index is 0.0683. The molecule has 0 aromatic carbocycles. The topological polar surface area (TPSA) is 241 Å². The fourth-order valence-electron chi connectivity index (χ4n) is 4.04. The maximum absolute atomic E-state index is 13.2. The van der Waals surface area contributed by atoms with E-state index in [0.29, 0.717) is 25.8 Å². The number of guanidine groups is 1. The SMILES string of the molecule is CCOC(=O)/C=C/[C@H](CCC(N)=O)NC(=O)[C@H](CCCN=C(N)N)NC(=O)[C@H](C)NC(=O)[C@@H]1CCCN1C(C)=O. The quantitative estimate of drug-likeness (QED) is 0.0394. The Balaban J connectivity index is 2.96. The third kappa shape index (κ3) is 12.6. The van der Waals surface area contributed by atoms with Gasteiger partial charge in [-0.3, -0.25) is 29.0 Å². The molecule has 1 rings (SSSR count). The summed E-state index contributed by atoms with van der Waals surface area (Å²) in [6, 6.07) is -3.50. The third-order valence-corrected chi connectivity index (χ3v) is 6.07. The highest BCUT2D eigenvalue weighted by atomic mass is 16.5. The Morgan fingerprint density at radius 3 is 2.35 bits per heavy atom. The van der Waals surface area contributed by atoms with Gasteiger partial charge in [0.1, 0.15) is 18.1 Å². The van der Waals surface area contributed by atoms with Crippen molar-refractivity contribution in [2.75, 3.05) is 19.7 Å². The smallest absolute Gasteiger partial charge is 0.330 e. The summed E-state index contributed by atoms with van der Waals surface area (Å²) >= 11 is 0. The summed E-state index contributed by atoms with van der Waals surface area (Å²) in [5, 5.41) is 7.93. The number of esters is 1. The molecule has 1 aliphatic rings. The van der Waals surface area contributed by atoms with E-state index in [-0.39, 0.29) is 44.3 Å². The van der Waals surface area contributed by atoms with E-state index in [1.165, 1.54) is 24.8 Å². The highest BCUT2D eigenvalue weighted by molar-refractivity contribution is 5.94. The van der Waals surface area contributed by atoms with Crippen LogP contribution in [0.25, 0.3) is 0 Å². The summed E-state index contributed by atoms with van der Waals surface area (Å²) in [5.41, 5.74) is 15.9. The Hall–Kier alpha value is -4.17. The normalized spacial score (nSPS) is 16.9. The molecule has 0 aromatic heterocycles. The first-order chi connectivity index (χ1) is 18.8. The van der Waals surface area contributed by atoms with Crippen LogP contribution in [0.5, 0.6) is 0 Å². The Morgan fingerprint density at radius 2 is 1.75 bits per heavy atom. The van der Waals surface area contributed by atoms with Crippen molar-refractivity contribution in [1.29, 1.82) is 0 Å². The molecule has 5 amide bonds. The molecule has 0 unspecified atom stereocenters. The average molecular weight is 567 g/mol. The molecule has 1 aliphatic heterocycles. The number of rotatable bonds is 16. The Kier molecular flexibility index (Phi) is 14.7. The number of carbonyl (C=O) groups excluding carboxylic acids is 6. The van der Waals surface area contributed by atoms with Gasteiger partial charge in [-0.05, 0) is 46.0 Å². The van der Waals surface area contributed by atoms with Gasteiger partial charge < -0.3 is 42.8 Å². The number of nitrogens with zero attached hydrogens (tertiary/aromatic N) is 2. The van der Waals surface area contributed by atoms with Crippen LogP contribution in [0.1, 0.15) is 59.3 Å². The predicted octanol–water partition coefficient (Wildman–Crippen LogP) is -2.09. The van der Waals surface area contributed by atoms with Crippen LogP contribution in [0.3, 0.4) is 0 Å².